The highest BCUT2D eigenvalue weighted by Crippen LogP contribution is 2.11. The summed E-state index contributed by atoms with van der Waals surface area (Å²) in [6, 6.07) is 3.07. The number of hydrogen-bond donors (Lipinski definition) is 1. The Morgan fingerprint density at radius 3 is 2.94 bits per heavy atom. The van der Waals surface area contributed by atoms with Gasteiger partial charge in [-0.25, -0.2) is 4.98 Å². The molecule has 1 fully saturated rings. The fourth-order valence-corrected chi connectivity index (χ4v) is 1.95. The second kappa shape index (κ2) is 5.35. The molecular weight excluding hydrogens is 254 g/mol. The molecular formula is C12H14ClN3O2. The van der Waals surface area contributed by atoms with E-state index in [1.807, 2.05) is 0 Å². The second-order valence-corrected chi connectivity index (χ2v) is 4.78. The zero-order valence-corrected chi connectivity index (χ0v) is 10.8. The summed E-state index contributed by atoms with van der Waals surface area (Å²) in [5.74, 6) is -0.218. The summed E-state index contributed by atoms with van der Waals surface area (Å²) >= 11 is 5.70. The van der Waals surface area contributed by atoms with Crippen LogP contribution in [-0.4, -0.2) is 41.3 Å². The van der Waals surface area contributed by atoms with E-state index in [9.17, 15) is 9.59 Å². The Hall–Kier alpha value is -1.62. The molecule has 1 N–H and O–H groups in total. The van der Waals surface area contributed by atoms with Gasteiger partial charge in [-0.15, -0.1) is 0 Å². The van der Waals surface area contributed by atoms with Crippen molar-refractivity contribution in [1.29, 1.82) is 0 Å². The number of piperidine rings is 1. The topological polar surface area (TPSA) is 62.3 Å². The Morgan fingerprint density at radius 2 is 2.33 bits per heavy atom. The number of nitrogens with zero attached hydrogens (tertiary/aromatic N) is 2. The van der Waals surface area contributed by atoms with Gasteiger partial charge < -0.3 is 10.2 Å². The summed E-state index contributed by atoms with van der Waals surface area (Å²) in [6.07, 6.45) is 2.54. The molecule has 0 unspecified atom stereocenters. The Morgan fingerprint density at radius 1 is 1.56 bits per heavy atom. The van der Waals surface area contributed by atoms with Gasteiger partial charge in [-0.1, -0.05) is 11.6 Å². The van der Waals surface area contributed by atoms with Gasteiger partial charge in [0.2, 0.25) is 5.91 Å². The van der Waals surface area contributed by atoms with Crippen LogP contribution in [0, 0.1) is 0 Å². The van der Waals surface area contributed by atoms with Gasteiger partial charge in [-0.05, 0) is 18.6 Å². The predicted octanol–water partition coefficient (Wildman–Crippen LogP) is 1.09. The standard InChI is InChI=1S/C12H14ClN3O2/c1-16-5-4-9(6-11(16)17)15-12(18)10-3-2-8(13)7-14-10/h2-3,7,9H,4-6H2,1H3,(H,15,18)/t9-/m0/s1. The Labute approximate surface area is 110 Å². The molecule has 1 saturated heterocycles. The summed E-state index contributed by atoms with van der Waals surface area (Å²) in [7, 11) is 1.77. The first-order valence-electron chi connectivity index (χ1n) is 5.72. The van der Waals surface area contributed by atoms with Gasteiger partial charge in [0.15, 0.2) is 0 Å². The van der Waals surface area contributed by atoms with Crippen LogP contribution in [0.3, 0.4) is 0 Å². The van der Waals surface area contributed by atoms with E-state index in [1.165, 1.54) is 6.20 Å². The first kappa shape index (κ1) is 12.8. The van der Waals surface area contributed by atoms with Crippen molar-refractivity contribution in [2.75, 3.05) is 13.6 Å². The van der Waals surface area contributed by atoms with E-state index in [-0.39, 0.29) is 17.9 Å². The van der Waals surface area contributed by atoms with Gasteiger partial charge in [0, 0.05) is 32.3 Å². The first-order valence-corrected chi connectivity index (χ1v) is 6.10. The molecule has 0 bridgehead atoms. The Bertz CT molecular complexity index is 461. The van der Waals surface area contributed by atoms with Crippen molar-refractivity contribution in [2.24, 2.45) is 0 Å². The molecule has 1 atom stereocenters. The van der Waals surface area contributed by atoms with E-state index in [4.69, 9.17) is 11.6 Å². The van der Waals surface area contributed by atoms with Gasteiger partial charge in [-0.3, -0.25) is 9.59 Å². The summed E-state index contributed by atoms with van der Waals surface area (Å²) in [5, 5.41) is 3.30. The Balaban J connectivity index is 1.95. The molecule has 1 aliphatic rings. The third kappa shape index (κ3) is 2.98. The number of amides is 2. The molecule has 2 amide bonds. The number of nitrogens with one attached hydrogen (secondary N) is 1. The fourth-order valence-electron chi connectivity index (χ4n) is 1.84. The molecule has 2 heterocycles. The SMILES string of the molecule is CN1CC[C@H](NC(=O)c2ccc(Cl)cn2)CC1=O. The van der Waals surface area contributed by atoms with Crippen LogP contribution in [0.5, 0.6) is 0 Å². The average Bonchev–Trinajstić information content (AvgIpc) is 2.34. The maximum atomic E-state index is 11.9. The number of halogens is 1. The molecule has 5 nitrogen and oxygen atoms in total. The molecule has 0 saturated carbocycles. The van der Waals surface area contributed by atoms with Crippen LogP contribution in [-0.2, 0) is 4.79 Å². The maximum Gasteiger partial charge on any atom is 0.270 e. The molecule has 0 radical (unpaired) electrons. The van der Waals surface area contributed by atoms with Crippen molar-refractivity contribution in [2.45, 2.75) is 18.9 Å². The molecule has 1 aliphatic heterocycles. The third-order valence-corrected chi connectivity index (χ3v) is 3.18. The van der Waals surface area contributed by atoms with Crippen molar-refractivity contribution in [3.8, 4) is 0 Å². The molecule has 6 heteroatoms. The van der Waals surface area contributed by atoms with Crippen LogP contribution < -0.4 is 5.32 Å². The monoisotopic (exact) mass is 267 g/mol. The van der Waals surface area contributed by atoms with E-state index >= 15 is 0 Å². The van der Waals surface area contributed by atoms with Gasteiger partial charge in [-0.2, -0.15) is 0 Å². The van der Waals surface area contributed by atoms with Crippen LogP contribution in [0.25, 0.3) is 0 Å². The molecule has 18 heavy (non-hydrogen) atoms. The van der Waals surface area contributed by atoms with Gasteiger partial charge >= 0.3 is 0 Å². The fraction of sp³-hybridized carbons (Fsp3) is 0.417. The lowest BCUT2D eigenvalue weighted by Crippen LogP contribution is -2.46. The molecule has 0 aliphatic carbocycles. The highest BCUT2D eigenvalue weighted by atomic mass is 35.5. The molecule has 1 aromatic rings. The minimum absolute atomic E-state index is 0.0515. The van der Waals surface area contributed by atoms with E-state index in [1.54, 1.807) is 24.1 Å². The van der Waals surface area contributed by atoms with Crippen molar-refractivity contribution in [3.05, 3.63) is 29.0 Å². The van der Waals surface area contributed by atoms with Crippen molar-refractivity contribution in [3.63, 3.8) is 0 Å². The minimum atomic E-state index is -0.269. The lowest BCUT2D eigenvalue weighted by atomic mass is 10.0. The van der Waals surface area contributed by atoms with E-state index in [2.05, 4.69) is 10.3 Å². The highest BCUT2D eigenvalue weighted by Gasteiger charge is 2.24. The van der Waals surface area contributed by atoms with Crippen molar-refractivity contribution in [1.82, 2.24) is 15.2 Å². The molecule has 0 aromatic carbocycles. The number of hydrogen-bond acceptors (Lipinski definition) is 3. The largest absolute Gasteiger partial charge is 0.347 e. The van der Waals surface area contributed by atoms with E-state index < -0.39 is 0 Å². The summed E-state index contributed by atoms with van der Waals surface area (Å²) in [5.41, 5.74) is 0.311. The number of pyridine rings is 1. The van der Waals surface area contributed by atoms with Crippen molar-refractivity contribution < 1.29 is 9.59 Å². The molecule has 0 spiro atoms. The van der Waals surface area contributed by atoms with Crippen LogP contribution in [0.2, 0.25) is 5.02 Å². The average molecular weight is 268 g/mol. The first-order chi connectivity index (χ1) is 8.56. The number of carbonyl (C=O) groups is 2. The van der Waals surface area contributed by atoms with Crippen LogP contribution in [0.4, 0.5) is 0 Å². The van der Waals surface area contributed by atoms with Gasteiger partial charge in [0.25, 0.3) is 5.91 Å². The van der Waals surface area contributed by atoms with E-state index in [0.717, 1.165) is 6.42 Å². The smallest absolute Gasteiger partial charge is 0.270 e. The Kier molecular flexibility index (Phi) is 3.81. The lowest BCUT2D eigenvalue weighted by Gasteiger charge is -2.29. The summed E-state index contributed by atoms with van der Waals surface area (Å²) < 4.78 is 0. The molecule has 1 aromatic heterocycles. The highest BCUT2D eigenvalue weighted by molar-refractivity contribution is 6.30. The minimum Gasteiger partial charge on any atom is -0.347 e. The number of rotatable bonds is 2. The summed E-state index contributed by atoms with van der Waals surface area (Å²) in [6.45, 7) is 0.665. The zero-order chi connectivity index (χ0) is 13.1. The number of aromatic nitrogens is 1. The van der Waals surface area contributed by atoms with Crippen LogP contribution >= 0.6 is 11.6 Å². The zero-order valence-electron chi connectivity index (χ0n) is 10.0. The van der Waals surface area contributed by atoms with Crippen molar-refractivity contribution >= 4 is 23.4 Å². The second-order valence-electron chi connectivity index (χ2n) is 4.34. The summed E-state index contributed by atoms with van der Waals surface area (Å²) in [4.78, 5) is 29.0. The maximum absolute atomic E-state index is 11.9. The number of carbonyl (C=O) groups excluding carboxylic acids is 2. The van der Waals surface area contributed by atoms with Gasteiger partial charge in [0.1, 0.15) is 5.69 Å². The predicted molar refractivity (Wildman–Crippen MR) is 67.4 cm³/mol. The van der Waals surface area contributed by atoms with Crippen LogP contribution in [0.15, 0.2) is 18.3 Å². The molecule has 2 rings (SSSR count). The third-order valence-electron chi connectivity index (χ3n) is 2.95. The van der Waals surface area contributed by atoms with E-state index in [0.29, 0.717) is 23.7 Å². The lowest BCUT2D eigenvalue weighted by molar-refractivity contribution is -0.132. The van der Waals surface area contributed by atoms with Crippen LogP contribution in [0.1, 0.15) is 23.3 Å². The quantitative estimate of drug-likeness (QED) is 0.872. The number of likely N-dealkylation sites (tertiary alicyclic amines) is 1. The molecule has 96 valence electrons. The normalized spacial score (nSPS) is 19.8. The van der Waals surface area contributed by atoms with Gasteiger partial charge in [0.05, 0.1) is 5.02 Å².